The summed E-state index contributed by atoms with van der Waals surface area (Å²) in [7, 11) is 0. The number of Topliss-reactive ketones (excluding diaryl/α,β-unsaturated/α-hetero) is 1. The fourth-order valence-electron chi connectivity index (χ4n) is 4.38. The summed E-state index contributed by atoms with van der Waals surface area (Å²) in [5.74, 6) is -0.137. The average molecular weight is 389 g/mol. The molecule has 0 saturated heterocycles. The summed E-state index contributed by atoms with van der Waals surface area (Å²) in [4.78, 5) is 50.2. The molecule has 0 radical (unpaired) electrons. The topological polar surface area (TPSA) is 104 Å². The van der Waals surface area contributed by atoms with Gasteiger partial charge in [0.05, 0.1) is 21.4 Å². The molecule has 0 bridgehead atoms. The molecule has 2 heterocycles. The van der Waals surface area contributed by atoms with Crippen molar-refractivity contribution in [2.45, 2.75) is 25.3 Å². The minimum atomic E-state index is -0.859. The molecule has 2 aliphatic rings. The zero-order valence-corrected chi connectivity index (χ0v) is 15.2. The van der Waals surface area contributed by atoms with Crippen molar-refractivity contribution in [2.75, 3.05) is 0 Å². The van der Waals surface area contributed by atoms with Gasteiger partial charge in [-0.05, 0) is 30.5 Å². The van der Waals surface area contributed by atoms with E-state index in [4.69, 9.17) is 0 Å². The number of non-ortho nitro benzene ring substituents is 1. The van der Waals surface area contributed by atoms with Crippen LogP contribution in [-0.2, 0) is 4.79 Å². The second kappa shape index (κ2) is 6.10. The predicted molar refractivity (Wildman–Crippen MR) is 106 cm³/mol. The fraction of sp³-hybridized carbons (Fsp3) is 0.190. The van der Waals surface area contributed by atoms with Gasteiger partial charge in [-0.3, -0.25) is 24.5 Å². The van der Waals surface area contributed by atoms with Gasteiger partial charge < -0.3 is 0 Å². The minimum Gasteiger partial charge on any atom is -0.294 e. The lowest BCUT2D eigenvalue weighted by molar-refractivity contribution is -0.384. The molecule has 0 spiro atoms. The number of carbonyl (C=O) groups is 1. The average Bonchev–Trinajstić information content (AvgIpc) is 3.09. The van der Waals surface area contributed by atoms with Gasteiger partial charge in [0.1, 0.15) is 6.04 Å². The Morgan fingerprint density at radius 3 is 2.38 bits per heavy atom. The summed E-state index contributed by atoms with van der Waals surface area (Å²) >= 11 is 0. The van der Waals surface area contributed by atoms with E-state index in [2.05, 4.69) is 0 Å². The number of ketones is 1. The molecular weight excluding hydrogens is 374 g/mol. The molecule has 2 aromatic carbocycles. The Kier molecular flexibility index (Phi) is 3.64. The van der Waals surface area contributed by atoms with E-state index in [0.29, 0.717) is 41.5 Å². The van der Waals surface area contributed by atoms with E-state index in [1.165, 1.54) is 27.6 Å². The van der Waals surface area contributed by atoms with Crippen LogP contribution in [-0.4, -0.2) is 20.1 Å². The normalized spacial score (nSPS) is 18.1. The smallest absolute Gasteiger partial charge is 0.277 e. The molecule has 1 atom stereocenters. The van der Waals surface area contributed by atoms with Crippen molar-refractivity contribution in [1.29, 1.82) is 0 Å². The third kappa shape index (κ3) is 2.35. The largest absolute Gasteiger partial charge is 0.294 e. The van der Waals surface area contributed by atoms with Gasteiger partial charge in [-0.15, -0.1) is 0 Å². The van der Waals surface area contributed by atoms with Crippen LogP contribution in [0.2, 0.25) is 0 Å². The van der Waals surface area contributed by atoms with Crippen LogP contribution >= 0.6 is 0 Å². The van der Waals surface area contributed by atoms with E-state index in [-0.39, 0.29) is 22.4 Å². The summed E-state index contributed by atoms with van der Waals surface area (Å²) in [6.07, 6.45) is 1.40. The SMILES string of the molecule is O=C1CCCC2=C1C(c1cccc([N+](=O)[O-])c1)n1c(=O)c3ccccc3c(=O)n12. The van der Waals surface area contributed by atoms with E-state index in [1.54, 1.807) is 30.3 Å². The molecule has 0 fully saturated rings. The highest BCUT2D eigenvalue weighted by Gasteiger charge is 2.40. The highest BCUT2D eigenvalue weighted by atomic mass is 16.6. The molecule has 1 aromatic heterocycles. The summed E-state index contributed by atoms with van der Waals surface area (Å²) in [5, 5.41) is 11.8. The van der Waals surface area contributed by atoms with Gasteiger partial charge in [0.15, 0.2) is 5.78 Å². The number of fused-ring (bicyclic) bond motifs is 3. The van der Waals surface area contributed by atoms with Crippen LogP contribution in [0.25, 0.3) is 16.5 Å². The van der Waals surface area contributed by atoms with Crippen LogP contribution in [0.5, 0.6) is 0 Å². The Balaban J connectivity index is 1.90. The lowest BCUT2D eigenvalue weighted by Gasteiger charge is -2.18. The molecular formula is C21H15N3O5. The van der Waals surface area contributed by atoms with E-state index in [0.717, 1.165) is 0 Å². The molecule has 8 heteroatoms. The number of nitrogens with zero attached hydrogens (tertiary/aromatic N) is 3. The molecule has 0 saturated carbocycles. The van der Waals surface area contributed by atoms with Gasteiger partial charge >= 0.3 is 0 Å². The molecule has 0 amide bonds. The molecule has 5 rings (SSSR count). The monoisotopic (exact) mass is 389 g/mol. The van der Waals surface area contributed by atoms with Gasteiger partial charge in [-0.1, -0.05) is 24.3 Å². The van der Waals surface area contributed by atoms with Gasteiger partial charge in [0.2, 0.25) is 0 Å². The number of allylic oxidation sites excluding steroid dienone is 2. The third-order valence-electron chi connectivity index (χ3n) is 5.60. The first-order valence-electron chi connectivity index (χ1n) is 9.26. The first-order valence-corrected chi connectivity index (χ1v) is 9.26. The number of carbonyl (C=O) groups excluding carboxylic acids is 1. The molecule has 144 valence electrons. The highest BCUT2D eigenvalue weighted by molar-refractivity contribution is 6.04. The summed E-state index contributed by atoms with van der Waals surface area (Å²) in [6.45, 7) is 0. The molecule has 3 aromatic rings. The van der Waals surface area contributed by atoms with Gasteiger partial charge in [0.25, 0.3) is 16.8 Å². The number of nitro groups is 1. The maximum Gasteiger partial charge on any atom is 0.277 e. The van der Waals surface area contributed by atoms with Crippen molar-refractivity contribution in [1.82, 2.24) is 9.36 Å². The maximum absolute atomic E-state index is 13.4. The van der Waals surface area contributed by atoms with Crippen LogP contribution in [0, 0.1) is 10.1 Å². The molecule has 8 nitrogen and oxygen atoms in total. The minimum absolute atomic E-state index is 0.137. The standard InChI is InChI=1S/C21H15N3O5/c25-17-10-4-9-16-18(17)19(12-5-3-6-13(11-12)24(28)29)23-21(27)15-8-2-1-7-14(15)20(26)22(16)23/h1-3,5-8,11,19H,4,9-10H2. The van der Waals surface area contributed by atoms with Gasteiger partial charge in [0, 0.05) is 24.1 Å². The lowest BCUT2D eigenvalue weighted by Crippen LogP contribution is -2.37. The highest BCUT2D eigenvalue weighted by Crippen LogP contribution is 2.41. The van der Waals surface area contributed by atoms with Crippen LogP contribution < -0.4 is 11.1 Å². The van der Waals surface area contributed by atoms with Crippen LogP contribution in [0.3, 0.4) is 0 Å². The Morgan fingerprint density at radius 2 is 1.66 bits per heavy atom. The van der Waals surface area contributed by atoms with Crippen molar-refractivity contribution in [3.63, 3.8) is 0 Å². The summed E-state index contributed by atoms with van der Waals surface area (Å²) in [6, 6.07) is 11.6. The Morgan fingerprint density at radius 1 is 0.931 bits per heavy atom. The number of aromatic nitrogens is 2. The van der Waals surface area contributed by atoms with Crippen molar-refractivity contribution < 1.29 is 9.72 Å². The van der Waals surface area contributed by atoms with Crippen molar-refractivity contribution in [3.05, 3.63) is 90.5 Å². The molecule has 29 heavy (non-hydrogen) atoms. The van der Waals surface area contributed by atoms with E-state index < -0.39 is 16.5 Å². The van der Waals surface area contributed by atoms with Crippen molar-refractivity contribution >= 4 is 27.9 Å². The summed E-state index contributed by atoms with van der Waals surface area (Å²) in [5.41, 5.74) is 0.429. The Bertz CT molecular complexity index is 1380. The van der Waals surface area contributed by atoms with Crippen molar-refractivity contribution in [3.8, 4) is 0 Å². The first kappa shape index (κ1) is 17.3. The third-order valence-corrected chi connectivity index (χ3v) is 5.60. The Hall–Kier alpha value is -3.81. The fourth-order valence-corrected chi connectivity index (χ4v) is 4.38. The molecule has 0 N–H and O–H groups in total. The maximum atomic E-state index is 13.4. The first-order chi connectivity index (χ1) is 14.0. The van der Waals surface area contributed by atoms with Crippen LogP contribution in [0.4, 0.5) is 5.69 Å². The number of benzene rings is 2. The van der Waals surface area contributed by atoms with E-state index in [1.807, 2.05) is 0 Å². The predicted octanol–water partition coefficient (Wildman–Crippen LogP) is 2.64. The van der Waals surface area contributed by atoms with Gasteiger partial charge in [-0.2, -0.15) is 0 Å². The lowest BCUT2D eigenvalue weighted by atomic mass is 9.88. The van der Waals surface area contributed by atoms with E-state index >= 15 is 0 Å². The summed E-state index contributed by atoms with van der Waals surface area (Å²) < 4.78 is 2.60. The molecule has 1 unspecified atom stereocenters. The second-order valence-corrected chi connectivity index (χ2v) is 7.20. The van der Waals surface area contributed by atoms with Crippen LogP contribution in [0.15, 0.2) is 63.7 Å². The molecule has 1 aliphatic carbocycles. The van der Waals surface area contributed by atoms with E-state index in [9.17, 15) is 24.5 Å². The zero-order chi connectivity index (χ0) is 20.3. The van der Waals surface area contributed by atoms with Crippen LogP contribution in [0.1, 0.15) is 30.9 Å². The number of nitro benzene ring substituents is 1. The van der Waals surface area contributed by atoms with Gasteiger partial charge in [-0.25, -0.2) is 9.36 Å². The quantitative estimate of drug-likeness (QED) is 0.495. The second-order valence-electron chi connectivity index (χ2n) is 7.20. The number of hydrogen-bond acceptors (Lipinski definition) is 5. The van der Waals surface area contributed by atoms with Crippen molar-refractivity contribution in [2.24, 2.45) is 0 Å². The zero-order valence-electron chi connectivity index (χ0n) is 15.2. The number of hydrogen-bond donors (Lipinski definition) is 0. The molecule has 1 aliphatic heterocycles. The number of rotatable bonds is 2. The Labute approximate surface area is 163 Å².